The van der Waals surface area contributed by atoms with Gasteiger partial charge in [-0.25, -0.2) is 0 Å². The molecule has 3 heteroatoms. The molecule has 0 atom stereocenters. The number of hydrogen-bond acceptors (Lipinski definition) is 2. The third kappa shape index (κ3) is 2.32. The summed E-state index contributed by atoms with van der Waals surface area (Å²) in [5.74, 6) is 0. The minimum Gasteiger partial charge on any atom is -0.372 e. The normalized spacial score (nSPS) is 16.1. The van der Waals surface area contributed by atoms with Gasteiger partial charge >= 0.3 is 0 Å². The Morgan fingerprint density at radius 2 is 1.93 bits per heavy atom. The van der Waals surface area contributed by atoms with E-state index in [2.05, 4.69) is 26.9 Å². The fourth-order valence-corrected chi connectivity index (χ4v) is 2.40. The third-order valence-electron chi connectivity index (χ3n) is 2.79. The van der Waals surface area contributed by atoms with Crippen molar-refractivity contribution in [3.63, 3.8) is 0 Å². The lowest BCUT2D eigenvalue weighted by atomic mass is 10.1. The first-order valence-corrected chi connectivity index (χ1v) is 6.05. The number of piperidine rings is 1. The van der Waals surface area contributed by atoms with E-state index in [0.717, 1.165) is 17.6 Å². The lowest BCUT2D eigenvalue weighted by Gasteiger charge is -2.29. The molecule has 0 aliphatic carbocycles. The Morgan fingerprint density at radius 3 is 2.53 bits per heavy atom. The van der Waals surface area contributed by atoms with Crippen molar-refractivity contribution < 1.29 is 0 Å². The molecule has 78 valence electrons. The van der Waals surface area contributed by atoms with Crippen LogP contribution < -0.4 is 4.90 Å². The van der Waals surface area contributed by atoms with Gasteiger partial charge in [-0.1, -0.05) is 0 Å². The van der Waals surface area contributed by atoms with Crippen LogP contribution in [0.15, 0.2) is 22.7 Å². The zero-order valence-corrected chi connectivity index (χ0v) is 10.1. The molecular formula is C12H13BrN2. The molecule has 0 bridgehead atoms. The highest BCUT2D eigenvalue weighted by Crippen LogP contribution is 2.25. The molecule has 0 unspecified atom stereocenters. The highest BCUT2D eigenvalue weighted by molar-refractivity contribution is 9.10. The monoisotopic (exact) mass is 264 g/mol. The van der Waals surface area contributed by atoms with E-state index in [1.165, 1.54) is 24.9 Å². The summed E-state index contributed by atoms with van der Waals surface area (Å²) in [6.45, 7) is 2.27. The molecule has 0 spiro atoms. The summed E-state index contributed by atoms with van der Waals surface area (Å²) in [6, 6.07) is 8.12. The van der Waals surface area contributed by atoms with Crippen molar-refractivity contribution in [2.75, 3.05) is 18.0 Å². The summed E-state index contributed by atoms with van der Waals surface area (Å²) < 4.78 is 0.896. The summed E-state index contributed by atoms with van der Waals surface area (Å²) in [5.41, 5.74) is 1.93. The minimum atomic E-state index is 0.704. The molecule has 1 saturated heterocycles. The van der Waals surface area contributed by atoms with Crippen molar-refractivity contribution >= 4 is 21.6 Å². The van der Waals surface area contributed by atoms with Crippen molar-refractivity contribution in [1.29, 1.82) is 5.26 Å². The number of anilines is 1. The van der Waals surface area contributed by atoms with E-state index in [1.807, 2.05) is 18.2 Å². The largest absolute Gasteiger partial charge is 0.372 e. The predicted octanol–water partition coefficient (Wildman–Crippen LogP) is 3.31. The molecule has 1 fully saturated rings. The fraction of sp³-hybridized carbons (Fsp3) is 0.417. The average molecular weight is 265 g/mol. The van der Waals surface area contributed by atoms with Gasteiger partial charge in [0.2, 0.25) is 0 Å². The van der Waals surface area contributed by atoms with Gasteiger partial charge in [0.05, 0.1) is 5.56 Å². The van der Waals surface area contributed by atoms with Gasteiger partial charge in [-0.15, -0.1) is 0 Å². The molecular weight excluding hydrogens is 252 g/mol. The standard InChI is InChI=1S/C12H13BrN2/c13-12-8-11(5-4-10(12)9-14)15-6-2-1-3-7-15/h4-5,8H,1-3,6-7H2. The first-order chi connectivity index (χ1) is 7.31. The van der Waals surface area contributed by atoms with Crippen LogP contribution in [0.4, 0.5) is 5.69 Å². The number of nitriles is 1. The number of benzene rings is 1. The van der Waals surface area contributed by atoms with Crippen molar-refractivity contribution in [2.45, 2.75) is 19.3 Å². The third-order valence-corrected chi connectivity index (χ3v) is 3.45. The molecule has 0 N–H and O–H groups in total. The van der Waals surface area contributed by atoms with E-state index in [-0.39, 0.29) is 0 Å². The van der Waals surface area contributed by atoms with Gasteiger partial charge in [-0.2, -0.15) is 5.26 Å². The Morgan fingerprint density at radius 1 is 1.20 bits per heavy atom. The predicted molar refractivity (Wildman–Crippen MR) is 64.9 cm³/mol. The Hall–Kier alpha value is -1.01. The van der Waals surface area contributed by atoms with Crippen LogP contribution in [0.3, 0.4) is 0 Å². The van der Waals surface area contributed by atoms with Crippen LogP contribution in [0.1, 0.15) is 24.8 Å². The molecule has 15 heavy (non-hydrogen) atoms. The summed E-state index contributed by atoms with van der Waals surface area (Å²) in [6.07, 6.45) is 3.89. The summed E-state index contributed by atoms with van der Waals surface area (Å²) in [5, 5.41) is 8.83. The molecule has 1 aromatic carbocycles. The van der Waals surface area contributed by atoms with Crippen LogP contribution in [0.5, 0.6) is 0 Å². The van der Waals surface area contributed by atoms with E-state index in [1.54, 1.807) is 0 Å². The number of hydrogen-bond donors (Lipinski definition) is 0. The van der Waals surface area contributed by atoms with Gasteiger partial charge in [0, 0.05) is 23.2 Å². The Bertz CT molecular complexity index is 389. The Kier molecular flexibility index (Phi) is 3.27. The minimum absolute atomic E-state index is 0.704. The van der Waals surface area contributed by atoms with Crippen LogP contribution >= 0.6 is 15.9 Å². The Labute approximate surface area is 98.6 Å². The molecule has 1 aromatic rings. The molecule has 2 nitrogen and oxygen atoms in total. The smallest absolute Gasteiger partial charge is 0.100 e. The maximum absolute atomic E-state index is 8.83. The van der Waals surface area contributed by atoms with Crippen LogP contribution in [0.2, 0.25) is 0 Å². The highest BCUT2D eigenvalue weighted by Gasteiger charge is 2.11. The van der Waals surface area contributed by atoms with Crippen molar-refractivity contribution in [2.24, 2.45) is 0 Å². The van der Waals surface area contributed by atoms with Crippen molar-refractivity contribution in [3.8, 4) is 6.07 Å². The second-order valence-electron chi connectivity index (χ2n) is 3.82. The molecule has 1 aliphatic heterocycles. The first-order valence-electron chi connectivity index (χ1n) is 5.26. The van der Waals surface area contributed by atoms with Gasteiger partial charge in [0.1, 0.15) is 6.07 Å². The average Bonchev–Trinajstić information content (AvgIpc) is 2.30. The lowest BCUT2D eigenvalue weighted by Crippen LogP contribution is -2.29. The molecule has 0 amide bonds. The Balaban J connectivity index is 2.22. The second kappa shape index (κ2) is 4.67. The summed E-state index contributed by atoms with van der Waals surface area (Å²) >= 11 is 3.42. The maximum atomic E-state index is 8.83. The molecule has 0 radical (unpaired) electrons. The first kappa shape index (κ1) is 10.5. The molecule has 2 rings (SSSR count). The molecule has 1 aliphatic rings. The number of nitrogens with zero attached hydrogens (tertiary/aromatic N) is 2. The van der Waals surface area contributed by atoms with E-state index in [4.69, 9.17) is 5.26 Å². The summed E-state index contributed by atoms with van der Waals surface area (Å²) in [4.78, 5) is 2.38. The van der Waals surface area contributed by atoms with Crippen LogP contribution in [0, 0.1) is 11.3 Å². The second-order valence-corrected chi connectivity index (χ2v) is 4.68. The zero-order chi connectivity index (χ0) is 10.7. The number of rotatable bonds is 1. The van der Waals surface area contributed by atoms with Gasteiger partial charge in [-0.3, -0.25) is 0 Å². The SMILES string of the molecule is N#Cc1ccc(N2CCCCC2)cc1Br. The van der Waals surface area contributed by atoms with Gasteiger partial charge < -0.3 is 4.90 Å². The summed E-state index contributed by atoms with van der Waals surface area (Å²) in [7, 11) is 0. The van der Waals surface area contributed by atoms with Crippen LogP contribution in [0.25, 0.3) is 0 Å². The quantitative estimate of drug-likeness (QED) is 0.778. The van der Waals surface area contributed by atoms with Crippen LogP contribution in [-0.2, 0) is 0 Å². The van der Waals surface area contributed by atoms with E-state index in [9.17, 15) is 0 Å². The molecule has 0 saturated carbocycles. The lowest BCUT2D eigenvalue weighted by molar-refractivity contribution is 0.578. The molecule has 1 heterocycles. The van der Waals surface area contributed by atoms with Gasteiger partial charge in [0.15, 0.2) is 0 Å². The van der Waals surface area contributed by atoms with E-state index in [0.29, 0.717) is 5.56 Å². The van der Waals surface area contributed by atoms with Crippen molar-refractivity contribution in [3.05, 3.63) is 28.2 Å². The van der Waals surface area contributed by atoms with Gasteiger partial charge in [0.25, 0.3) is 0 Å². The van der Waals surface area contributed by atoms with E-state index >= 15 is 0 Å². The zero-order valence-electron chi connectivity index (χ0n) is 8.54. The van der Waals surface area contributed by atoms with E-state index < -0.39 is 0 Å². The van der Waals surface area contributed by atoms with Crippen LogP contribution in [-0.4, -0.2) is 13.1 Å². The van der Waals surface area contributed by atoms with Gasteiger partial charge in [-0.05, 0) is 53.4 Å². The highest BCUT2D eigenvalue weighted by atomic mass is 79.9. The fourth-order valence-electron chi connectivity index (χ4n) is 1.94. The molecule has 0 aromatic heterocycles. The van der Waals surface area contributed by atoms with Crippen molar-refractivity contribution in [1.82, 2.24) is 0 Å². The maximum Gasteiger partial charge on any atom is 0.100 e. The topological polar surface area (TPSA) is 27.0 Å². The number of halogens is 1.